The first-order chi connectivity index (χ1) is 7.60. The number of alkyl halides is 2. The van der Waals surface area contributed by atoms with Crippen molar-refractivity contribution in [3.05, 3.63) is 35.6 Å². The Bertz CT molecular complexity index is 342. The summed E-state index contributed by atoms with van der Waals surface area (Å²) >= 11 is 0. The SMILES string of the molecule is Fc1ccc(C(F)(F)C2CCCNC2)cc1. The van der Waals surface area contributed by atoms with Crippen molar-refractivity contribution in [2.24, 2.45) is 5.92 Å². The van der Waals surface area contributed by atoms with E-state index < -0.39 is 17.7 Å². The molecular formula is C12H14F3N. The number of hydrogen-bond acceptors (Lipinski definition) is 1. The summed E-state index contributed by atoms with van der Waals surface area (Å²) in [5, 5.41) is 2.97. The van der Waals surface area contributed by atoms with Crippen LogP contribution in [0.3, 0.4) is 0 Å². The van der Waals surface area contributed by atoms with Crippen LogP contribution in [0.25, 0.3) is 0 Å². The molecule has 1 nitrogen and oxygen atoms in total. The zero-order valence-corrected chi connectivity index (χ0v) is 8.85. The maximum atomic E-state index is 14.0. The predicted molar refractivity (Wildman–Crippen MR) is 55.9 cm³/mol. The van der Waals surface area contributed by atoms with E-state index in [4.69, 9.17) is 0 Å². The highest BCUT2D eigenvalue weighted by molar-refractivity contribution is 5.22. The average Bonchev–Trinajstić information content (AvgIpc) is 2.31. The van der Waals surface area contributed by atoms with Crippen molar-refractivity contribution < 1.29 is 13.2 Å². The van der Waals surface area contributed by atoms with Gasteiger partial charge in [-0.15, -0.1) is 0 Å². The third-order valence-electron chi connectivity index (χ3n) is 3.04. The van der Waals surface area contributed by atoms with Crippen LogP contribution >= 0.6 is 0 Å². The number of rotatable bonds is 2. The molecule has 88 valence electrons. The first kappa shape index (κ1) is 11.5. The van der Waals surface area contributed by atoms with E-state index >= 15 is 0 Å². The zero-order chi connectivity index (χ0) is 11.6. The van der Waals surface area contributed by atoms with Crippen LogP contribution in [-0.4, -0.2) is 13.1 Å². The molecule has 1 aromatic carbocycles. The van der Waals surface area contributed by atoms with Crippen LogP contribution < -0.4 is 5.32 Å². The van der Waals surface area contributed by atoms with Gasteiger partial charge in [-0.2, -0.15) is 0 Å². The van der Waals surface area contributed by atoms with Gasteiger partial charge < -0.3 is 5.32 Å². The molecule has 0 bridgehead atoms. The molecule has 1 atom stereocenters. The molecule has 1 fully saturated rings. The van der Waals surface area contributed by atoms with E-state index in [0.717, 1.165) is 25.1 Å². The molecule has 0 amide bonds. The normalized spacial score (nSPS) is 22.1. The van der Waals surface area contributed by atoms with E-state index in [-0.39, 0.29) is 5.56 Å². The van der Waals surface area contributed by atoms with E-state index in [1.54, 1.807) is 0 Å². The van der Waals surface area contributed by atoms with Gasteiger partial charge in [0, 0.05) is 18.0 Å². The molecule has 0 radical (unpaired) electrons. The molecule has 0 aromatic heterocycles. The smallest absolute Gasteiger partial charge is 0.277 e. The lowest BCUT2D eigenvalue weighted by Crippen LogP contribution is -2.39. The topological polar surface area (TPSA) is 12.0 Å². The minimum absolute atomic E-state index is 0.0948. The van der Waals surface area contributed by atoms with Gasteiger partial charge in [-0.05, 0) is 31.5 Å². The van der Waals surface area contributed by atoms with E-state index in [1.807, 2.05) is 0 Å². The maximum Gasteiger partial charge on any atom is 0.277 e. The van der Waals surface area contributed by atoms with Gasteiger partial charge in [0.2, 0.25) is 0 Å². The van der Waals surface area contributed by atoms with Crippen molar-refractivity contribution in [1.82, 2.24) is 5.32 Å². The minimum atomic E-state index is -2.87. The van der Waals surface area contributed by atoms with Gasteiger partial charge in [-0.1, -0.05) is 12.1 Å². The number of halogens is 3. The molecule has 1 saturated heterocycles. The molecule has 1 aliphatic rings. The first-order valence-electron chi connectivity index (χ1n) is 5.45. The summed E-state index contributed by atoms with van der Waals surface area (Å²) in [6, 6.07) is 4.51. The van der Waals surface area contributed by atoms with Crippen molar-refractivity contribution in [2.75, 3.05) is 13.1 Å². The van der Waals surface area contributed by atoms with Gasteiger partial charge in [0.05, 0.1) is 0 Å². The van der Waals surface area contributed by atoms with Crippen LogP contribution in [0.1, 0.15) is 18.4 Å². The Morgan fingerprint density at radius 3 is 2.44 bits per heavy atom. The second kappa shape index (κ2) is 4.45. The Labute approximate surface area is 92.7 Å². The lowest BCUT2D eigenvalue weighted by Gasteiger charge is -2.30. The molecule has 1 unspecified atom stereocenters. The first-order valence-corrected chi connectivity index (χ1v) is 5.45. The molecule has 4 heteroatoms. The van der Waals surface area contributed by atoms with Crippen LogP contribution in [0.15, 0.2) is 24.3 Å². The van der Waals surface area contributed by atoms with Crippen LogP contribution in [0, 0.1) is 11.7 Å². The number of benzene rings is 1. The van der Waals surface area contributed by atoms with E-state index in [9.17, 15) is 13.2 Å². The third-order valence-corrected chi connectivity index (χ3v) is 3.04. The summed E-state index contributed by atoms with van der Waals surface area (Å²) in [5.41, 5.74) is -0.0948. The monoisotopic (exact) mass is 229 g/mol. The highest BCUT2D eigenvalue weighted by atomic mass is 19.3. The number of hydrogen-bond donors (Lipinski definition) is 1. The molecule has 0 saturated carbocycles. The number of nitrogens with one attached hydrogen (secondary N) is 1. The third kappa shape index (κ3) is 2.21. The van der Waals surface area contributed by atoms with Gasteiger partial charge in [0.25, 0.3) is 5.92 Å². The predicted octanol–water partition coefficient (Wildman–Crippen LogP) is 2.92. The standard InChI is InChI=1S/C12H14F3N/c13-11-5-3-9(4-6-11)12(14,15)10-2-1-7-16-8-10/h3-6,10,16H,1-2,7-8H2. The van der Waals surface area contributed by atoms with E-state index in [2.05, 4.69) is 5.32 Å². The molecule has 0 aliphatic carbocycles. The second-order valence-corrected chi connectivity index (χ2v) is 4.17. The fourth-order valence-electron chi connectivity index (χ4n) is 2.07. The minimum Gasteiger partial charge on any atom is -0.316 e. The summed E-state index contributed by atoms with van der Waals surface area (Å²) in [6.07, 6.45) is 1.28. The Kier molecular flexibility index (Phi) is 3.19. The molecule has 2 rings (SSSR count). The molecule has 1 N–H and O–H groups in total. The van der Waals surface area contributed by atoms with Crippen LogP contribution in [0.2, 0.25) is 0 Å². The largest absolute Gasteiger partial charge is 0.316 e. The zero-order valence-electron chi connectivity index (χ0n) is 8.85. The molecule has 1 heterocycles. The van der Waals surface area contributed by atoms with E-state index in [1.165, 1.54) is 12.1 Å². The summed E-state index contributed by atoms with van der Waals surface area (Å²) in [4.78, 5) is 0. The van der Waals surface area contributed by atoms with E-state index in [0.29, 0.717) is 13.0 Å². The quantitative estimate of drug-likeness (QED) is 0.822. The van der Waals surface area contributed by atoms with Crippen molar-refractivity contribution in [2.45, 2.75) is 18.8 Å². The maximum absolute atomic E-state index is 14.0. The van der Waals surface area contributed by atoms with Gasteiger partial charge in [0.1, 0.15) is 5.82 Å². The molecular weight excluding hydrogens is 215 g/mol. The van der Waals surface area contributed by atoms with Gasteiger partial charge >= 0.3 is 0 Å². The van der Waals surface area contributed by atoms with Crippen molar-refractivity contribution in [1.29, 1.82) is 0 Å². The summed E-state index contributed by atoms with van der Waals surface area (Å²) in [6.45, 7) is 1.13. The average molecular weight is 229 g/mol. The van der Waals surface area contributed by atoms with Gasteiger partial charge in [-0.3, -0.25) is 0 Å². The highest BCUT2D eigenvalue weighted by Crippen LogP contribution is 2.39. The van der Waals surface area contributed by atoms with Crippen molar-refractivity contribution in [3.8, 4) is 0 Å². The Morgan fingerprint density at radius 2 is 1.88 bits per heavy atom. The van der Waals surface area contributed by atoms with Crippen molar-refractivity contribution >= 4 is 0 Å². The summed E-state index contributed by atoms with van der Waals surface area (Å²) in [7, 11) is 0. The second-order valence-electron chi connectivity index (χ2n) is 4.17. The fraction of sp³-hybridized carbons (Fsp3) is 0.500. The van der Waals surface area contributed by atoms with Crippen LogP contribution in [0.4, 0.5) is 13.2 Å². The fourth-order valence-corrected chi connectivity index (χ4v) is 2.07. The summed E-state index contributed by atoms with van der Waals surface area (Å²) < 4.78 is 40.7. The lowest BCUT2D eigenvalue weighted by molar-refractivity contribution is -0.0725. The van der Waals surface area contributed by atoms with Crippen molar-refractivity contribution in [3.63, 3.8) is 0 Å². The molecule has 0 spiro atoms. The Morgan fingerprint density at radius 1 is 1.19 bits per heavy atom. The molecule has 16 heavy (non-hydrogen) atoms. The molecule has 1 aromatic rings. The highest BCUT2D eigenvalue weighted by Gasteiger charge is 2.41. The van der Waals surface area contributed by atoms with Crippen LogP contribution in [-0.2, 0) is 5.92 Å². The van der Waals surface area contributed by atoms with Gasteiger partial charge in [-0.25, -0.2) is 13.2 Å². The number of piperidine rings is 1. The Balaban J connectivity index is 2.19. The van der Waals surface area contributed by atoms with Gasteiger partial charge in [0.15, 0.2) is 0 Å². The Hall–Kier alpha value is -1.03. The summed E-state index contributed by atoms with van der Waals surface area (Å²) in [5.74, 6) is -4.05. The lowest BCUT2D eigenvalue weighted by atomic mass is 9.88. The van der Waals surface area contributed by atoms with Crippen LogP contribution in [0.5, 0.6) is 0 Å². The molecule has 1 aliphatic heterocycles.